The van der Waals surface area contributed by atoms with Crippen molar-refractivity contribution in [1.82, 2.24) is 5.32 Å². The number of Topliss-reactive ketones (excluding diaryl/α,β-unsaturated/α-hetero) is 1. The summed E-state index contributed by atoms with van der Waals surface area (Å²) in [6.45, 7) is 2.07. The Morgan fingerprint density at radius 3 is 2.50 bits per heavy atom. The highest BCUT2D eigenvalue weighted by Gasteiger charge is 2.19. The molecule has 1 amide bonds. The number of alkyl halides is 1. The summed E-state index contributed by atoms with van der Waals surface area (Å²) in [6, 6.07) is 9.24. The topological polar surface area (TPSA) is 81.7 Å². The number of hydrogen-bond donors (Lipinski definition) is 1. The molecule has 0 fully saturated rings. The van der Waals surface area contributed by atoms with Gasteiger partial charge in [0.05, 0.1) is 11.4 Å². The molecular formula is C15H18BrNO5. The van der Waals surface area contributed by atoms with Crippen LogP contribution in [-0.4, -0.2) is 35.8 Å². The van der Waals surface area contributed by atoms with E-state index in [1.807, 2.05) is 30.3 Å². The first-order valence-electron chi connectivity index (χ1n) is 6.80. The SMILES string of the molecule is CCOC(=O)CC(=O)C(Br)CNC(=O)OCc1ccccc1. The highest BCUT2D eigenvalue weighted by atomic mass is 79.9. The van der Waals surface area contributed by atoms with Gasteiger partial charge in [0.15, 0.2) is 5.78 Å². The van der Waals surface area contributed by atoms with Crippen molar-refractivity contribution < 1.29 is 23.9 Å². The number of hydrogen-bond acceptors (Lipinski definition) is 5. The van der Waals surface area contributed by atoms with Crippen LogP contribution in [0.1, 0.15) is 18.9 Å². The van der Waals surface area contributed by atoms with Crippen LogP contribution in [0.4, 0.5) is 4.79 Å². The van der Waals surface area contributed by atoms with Crippen LogP contribution in [0.15, 0.2) is 30.3 Å². The number of carbonyl (C=O) groups excluding carboxylic acids is 3. The Morgan fingerprint density at radius 2 is 1.86 bits per heavy atom. The van der Waals surface area contributed by atoms with E-state index in [0.717, 1.165) is 5.56 Å². The lowest BCUT2D eigenvalue weighted by atomic mass is 10.2. The van der Waals surface area contributed by atoms with Gasteiger partial charge < -0.3 is 14.8 Å². The number of alkyl carbamates (subject to hydrolysis) is 1. The summed E-state index contributed by atoms with van der Waals surface area (Å²) in [7, 11) is 0. The van der Waals surface area contributed by atoms with Crippen molar-refractivity contribution in [3.8, 4) is 0 Å². The average molecular weight is 372 g/mol. The quantitative estimate of drug-likeness (QED) is 0.430. The third kappa shape index (κ3) is 7.21. The number of ether oxygens (including phenoxy) is 2. The monoisotopic (exact) mass is 371 g/mol. The summed E-state index contributed by atoms with van der Waals surface area (Å²) in [6.07, 6.45) is -0.956. The fourth-order valence-corrected chi connectivity index (χ4v) is 1.85. The number of benzene rings is 1. The minimum Gasteiger partial charge on any atom is -0.466 e. The summed E-state index contributed by atoms with van der Waals surface area (Å²) >= 11 is 3.12. The number of esters is 1. The predicted molar refractivity (Wildman–Crippen MR) is 83.6 cm³/mol. The molecule has 0 aliphatic heterocycles. The first-order chi connectivity index (χ1) is 10.5. The van der Waals surface area contributed by atoms with Gasteiger partial charge >= 0.3 is 12.1 Å². The molecule has 1 atom stereocenters. The molecule has 7 heteroatoms. The molecule has 0 spiro atoms. The molecule has 6 nitrogen and oxygen atoms in total. The Kier molecular flexibility index (Phi) is 8.21. The maximum atomic E-state index is 11.7. The van der Waals surface area contributed by atoms with E-state index in [4.69, 9.17) is 4.74 Å². The number of ketones is 1. The summed E-state index contributed by atoms with van der Waals surface area (Å²) in [4.78, 5) is 33.7. The van der Waals surface area contributed by atoms with E-state index in [9.17, 15) is 14.4 Å². The van der Waals surface area contributed by atoms with Gasteiger partial charge in [-0.25, -0.2) is 4.79 Å². The molecule has 22 heavy (non-hydrogen) atoms. The zero-order chi connectivity index (χ0) is 16.4. The maximum Gasteiger partial charge on any atom is 0.407 e. The molecule has 1 aromatic rings. The van der Waals surface area contributed by atoms with Gasteiger partial charge in [-0.15, -0.1) is 0 Å². The standard InChI is InChI=1S/C15H18BrNO5/c1-2-21-14(19)8-13(18)12(16)9-17-15(20)22-10-11-6-4-3-5-7-11/h3-7,12H,2,8-10H2,1H3,(H,17,20). The summed E-state index contributed by atoms with van der Waals surface area (Å²) in [5.41, 5.74) is 0.867. The Balaban J connectivity index is 2.25. The van der Waals surface area contributed by atoms with Crippen molar-refractivity contribution in [2.75, 3.05) is 13.2 Å². The molecule has 1 rings (SSSR count). The Bertz CT molecular complexity index is 506. The molecule has 1 N–H and O–H groups in total. The zero-order valence-corrected chi connectivity index (χ0v) is 13.8. The normalized spacial score (nSPS) is 11.4. The summed E-state index contributed by atoms with van der Waals surface area (Å²) in [5.74, 6) is -0.939. The van der Waals surface area contributed by atoms with Crippen molar-refractivity contribution in [3.63, 3.8) is 0 Å². The number of nitrogens with one attached hydrogen (secondary N) is 1. The van der Waals surface area contributed by atoms with E-state index < -0.39 is 16.9 Å². The summed E-state index contributed by atoms with van der Waals surface area (Å²) in [5, 5.41) is 2.46. The second-order valence-corrected chi connectivity index (χ2v) is 5.46. The van der Waals surface area contributed by atoms with Crippen LogP contribution in [0, 0.1) is 0 Å². The first-order valence-corrected chi connectivity index (χ1v) is 7.71. The molecule has 0 saturated carbocycles. The van der Waals surface area contributed by atoms with Crippen LogP contribution in [0.5, 0.6) is 0 Å². The van der Waals surface area contributed by atoms with Gasteiger partial charge in [-0.3, -0.25) is 9.59 Å². The predicted octanol–water partition coefficient (Wildman–Crippen LogP) is 2.20. The van der Waals surface area contributed by atoms with Gasteiger partial charge in [0, 0.05) is 6.54 Å². The van der Waals surface area contributed by atoms with Crippen molar-refractivity contribution >= 4 is 33.8 Å². The van der Waals surface area contributed by atoms with E-state index in [1.54, 1.807) is 6.92 Å². The van der Waals surface area contributed by atoms with Crippen molar-refractivity contribution in [2.45, 2.75) is 24.8 Å². The van der Waals surface area contributed by atoms with E-state index in [-0.39, 0.29) is 32.0 Å². The fourth-order valence-electron chi connectivity index (χ4n) is 1.53. The Morgan fingerprint density at radius 1 is 1.18 bits per heavy atom. The van der Waals surface area contributed by atoms with Crippen molar-refractivity contribution in [2.24, 2.45) is 0 Å². The lowest BCUT2D eigenvalue weighted by molar-refractivity contribution is -0.145. The van der Waals surface area contributed by atoms with E-state index in [2.05, 4.69) is 26.0 Å². The van der Waals surface area contributed by atoms with Gasteiger partial charge in [0.1, 0.15) is 13.0 Å². The molecule has 0 aromatic heterocycles. The molecule has 1 aromatic carbocycles. The maximum absolute atomic E-state index is 11.7. The van der Waals surface area contributed by atoms with E-state index >= 15 is 0 Å². The average Bonchev–Trinajstić information content (AvgIpc) is 2.51. The van der Waals surface area contributed by atoms with Crippen LogP contribution >= 0.6 is 15.9 Å². The van der Waals surface area contributed by atoms with Crippen LogP contribution in [0.25, 0.3) is 0 Å². The minimum absolute atomic E-state index is 0.0336. The van der Waals surface area contributed by atoms with Crippen LogP contribution < -0.4 is 5.32 Å². The number of rotatable bonds is 8. The second kappa shape index (κ2) is 9.94. The van der Waals surface area contributed by atoms with E-state index in [0.29, 0.717) is 0 Å². The van der Waals surface area contributed by atoms with Crippen LogP contribution in [0.2, 0.25) is 0 Å². The number of amides is 1. The molecule has 0 heterocycles. The van der Waals surface area contributed by atoms with Crippen molar-refractivity contribution in [1.29, 1.82) is 0 Å². The molecule has 0 saturated heterocycles. The number of carbonyl (C=O) groups is 3. The molecule has 0 aliphatic rings. The Labute approximate surface area is 137 Å². The Hall–Kier alpha value is -1.89. The second-order valence-electron chi connectivity index (χ2n) is 4.36. The third-order valence-electron chi connectivity index (χ3n) is 2.61. The lowest BCUT2D eigenvalue weighted by Gasteiger charge is -2.10. The minimum atomic E-state index is -0.666. The van der Waals surface area contributed by atoms with Crippen molar-refractivity contribution in [3.05, 3.63) is 35.9 Å². The highest BCUT2D eigenvalue weighted by Crippen LogP contribution is 2.05. The van der Waals surface area contributed by atoms with Gasteiger partial charge in [-0.1, -0.05) is 46.3 Å². The first kappa shape index (κ1) is 18.2. The molecule has 0 aliphatic carbocycles. The van der Waals surface area contributed by atoms with Crippen LogP contribution in [-0.2, 0) is 25.7 Å². The van der Waals surface area contributed by atoms with Gasteiger partial charge in [-0.05, 0) is 12.5 Å². The zero-order valence-electron chi connectivity index (χ0n) is 12.2. The largest absolute Gasteiger partial charge is 0.466 e. The highest BCUT2D eigenvalue weighted by molar-refractivity contribution is 9.10. The van der Waals surface area contributed by atoms with Gasteiger partial charge in [0.25, 0.3) is 0 Å². The van der Waals surface area contributed by atoms with Gasteiger partial charge in [-0.2, -0.15) is 0 Å². The number of halogens is 1. The van der Waals surface area contributed by atoms with E-state index in [1.165, 1.54) is 0 Å². The van der Waals surface area contributed by atoms with Crippen LogP contribution in [0.3, 0.4) is 0 Å². The lowest BCUT2D eigenvalue weighted by Crippen LogP contribution is -2.34. The smallest absolute Gasteiger partial charge is 0.407 e. The molecule has 0 bridgehead atoms. The molecule has 120 valence electrons. The fraction of sp³-hybridized carbons (Fsp3) is 0.400. The molecular weight excluding hydrogens is 354 g/mol. The molecule has 1 unspecified atom stereocenters. The third-order valence-corrected chi connectivity index (χ3v) is 3.45. The molecule has 0 radical (unpaired) electrons. The van der Waals surface area contributed by atoms with Gasteiger partial charge in [0.2, 0.25) is 0 Å². The summed E-state index contributed by atoms with van der Waals surface area (Å²) < 4.78 is 9.69.